The van der Waals surface area contributed by atoms with Gasteiger partial charge in [-0.05, 0) is 59.3 Å². The van der Waals surface area contributed by atoms with Gasteiger partial charge in [0.2, 0.25) is 0 Å². The lowest BCUT2D eigenvalue weighted by Gasteiger charge is -2.35. The van der Waals surface area contributed by atoms with Crippen molar-refractivity contribution in [2.45, 2.75) is 131 Å². The highest BCUT2D eigenvalue weighted by Gasteiger charge is 2.33. The Morgan fingerprint density at radius 2 is 1.31 bits per heavy atom. The molecular formula is C27H48O2. The second-order valence-corrected chi connectivity index (χ2v) is 11.1. The first-order valence-corrected chi connectivity index (χ1v) is 11.9. The molecule has 0 bridgehead atoms. The van der Waals surface area contributed by atoms with Gasteiger partial charge in [0, 0.05) is 5.56 Å². The fourth-order valence-corrected chi connectivity index (χ4v) is 4.84. The van der Waals surface area contributed by atoms with Crippen molar-refractivity contribution in [3.8, 4) is 5.75 Å². The molecule has 0 saturated heterocycles. The van der Waals surface area contributed by atoms with E-state index in [2.05, 4.69) is 62.3 Å². The zero-order valence-corrected chi connectivity index (χ0v) is 20.8. The van der Waals surface area contributed by atoms with Gasteiger partial charge in [-0.1, -0.05) is 93.9 Å². The van der Waals surface area contributed by atoms with Crippen molar-refractivity contribution in [1.29, 1.82) is 0 Å². The lowest BCUT2D eigenvalue weighted by molar-refractivity contribution is 0.0897. The first-order chi connectivity index (χ1) is 13.4. The molecule has 168 valence electrons. The number of hydrogen-bond acceptors (Lipinski definition) is 2. The monoisotopic (exact) mass is 404 g/mol. The third-order valence-corrected chi connectivity index (χ3v) is 6.26. The van der Waals surface area contributed by atoms with E-state index in [1.54, 1.807) is 0 Å². The molecule has 0 aliphatic heterocycles. The third-order valence-electron chi connectivity index (χ3n) is 6.26. The summed E-state index contributed by atoms with van der Waals surface area (Å²) in [6.45, 7) is 19.8. The van der Waals surface area contributed by atoms with Gasteiger partial charge in [0.05, 0.1) is 6.10 Å². The van der Waals surface area contributed by atoms with Crippen molar-refractivity contribution >= 4 is 0 Å². The van der Waals surface area contributed by atoms with Gasteiger partial charge < -0.3 is 10.2 Å². The minimum atomic E-state index is -0.606. The average Bonchev–Trinajstić information content (AvgIpc) is 2.59. The summed E-state index contributed by atoms with van der Waals surface area (Å²) in [5.41, 5.74) is 4.11. The Balaban J connectivity index is 3.48. The first kappa shape index (κ1) is 26.0. The van der Waals surface area contributed by atoms with Crippen LogP contribution in [0.15, 0.2) is 6.07 Å². The van der Waals surface area contributed by atoms with Crippen LogP contribution in [0.1, 0.15) is 135 Å². The number of benzene rings is 1. The lowest BCUT2D eigenvalue weighted by atomic mass is 9.72. The molecule has 0 spiro atoms. The SMILES string of the molecule is CCCCCC(CCCCC)C(O)c1c(O)cc(C(C)(C)C)c(C)c1C(C)(C)C. The van der Waals surface area contributed by atoms with Crippen LogP contribution < -0.4 is 0 Å². The van der Waals surface area contributed by atoms with Crippen LogP contribution in [0.25, 0.3) is 0 Å². The Morgan fingerprint density at radius 1 is 0.828 bits per heavy atom. The van der Waals surface area contributed by atoms with Gasteiger partial charge in [0.25, 0.3) is 0 Å². The summed E-state index contributed by atoms with van der Waals surface area (Å²) < 4.78 is 0. The number of aliphatic hydroxyl groups is 1. The van der Waals surface area contributed by atoms with Crippen molar-refractivity contribution in [2.24, 2.45) is 5.92 Å². The molecule has 0 aliphatic carbocycles. The number of unbranched alkanes of at least 4 members (excludes halogenated alkanes) is 4. The fraction of sp³-hybridized carbons (Fsp3) is 0.778. The molecule has 0 amide bonds. The molecule has 2 heteroatoms. The summed E-state index contributed by atoms with van der Waals surface area (Å²) in [5, 5.41) is 22.7. The Hall–Kier alpha value is -1.02. The van der Waals surface area contributed by atoms with Crippen LogP contribution >= 0.6 is 0 Å². The van der Waals surface area contributed by atoms with E-state index in [0.29, 0.717) is 0 Å². The lowest BCUT2D eigenvalue weighted by Crippen LogP contribution is -2.25. The smallest absolute Gasteiger partial charge is 0.121 e. The summed E-state index contributed by atoms with van der Waals surface area (Å²) in [5.74, 6) is 0.480. The summed E-state index contributed by atoms with van der Waals surface area (Å²) >= 11 is 0. The average molecular weight is 405 g/mol. The van der Waals surface area contributed by atoms with Crippen LogP contribution in [-0.2, 0) is 10.8 Å². The number of phenolic OH excluding ortho intramolecular Hbond substituents is 1. The molecule has 0 fully saturated rings. The summed E-state index contributed by atoms with van der Waals surface area (Å²) in [6.07, 6.45) is 8.54. The maximum atomic E-state index is 11.6. The maximum absolute atomic E-state index is 11.6. The molecule has 1 aromatic carbocycles. The van der Waals surface area contributed by atoms with Crippen LogP contribution in [0.4, 0.5) is 0 Å². The largest absolute Gasteiger partial charge is 0.508 e. The Bertz CT molecular complexity index is 621. The second-order valence-electron chi connectivity index (χ2n) is 11.1. The molecule has 0 aromatic heterocycles. The predicted molar refractivity (Wildman–Crippen MR) is 127 cm³/mol. The van der Waals surface area contributed by atoms with Gasteiger partial charge in [-0.15, -0.1) is 0 Å². The minimum absolute atomic E-state index is 0.0489. The van der Waals surface area contributed by atoms with E-state index in [1.807, 2.05) is 6.07 Å². The molecule has 1 aromatic rings. The molecule has 2 nitrogen and oxygen atoms in total. The molecule has 1 atom stereocenters. The molecule has 29 heavy (non-hydrogen) atoms. The number of hydrogen-bond donors (Lipinski definition) is 2. The van der Waals surface area contributed by atoms with E-state index < -0.39 is 6.10 Å². The zero-order valence-electron chi connectivity index (χ0n) is 20.8. The van der Waals surface area contributed by atoms with Crippen LogP contribution in [-0.4, -0.2) is 10.2 Å². The normalized spacial score (nSPS) is 13.9. The molecule has 0 saturated carbocycles. The standard InChI is InChI=1S/C27H48O2/c1-10-12-14-16-20(17-15-13-11-2)25(29)23-22(28)18-21(26(4,5)6)19(3)24(23)27(7,8)9/h18,20,25,28-29H,10-17H2,1-9H3. The summed E-state index contributed by atoms with van der Waals surface area (Å²) in [6, 6.07) is 1.91. The van der Waals surface area contributed by atoms with E-state index in [9.17, 15) is 10.2 Å². The number of phenols is 1. The summed E-state index contributed by atoms with van der Waals surface area (Å²) in [4.78, 5) is 0. The van der Waals surface area contributed by atoms with Gasteiger partial charge in [-0.3, -0.25) is 0 Å². The van der Waals surface area contributed by atoms with Crippen LogP contribution in [0, 0.1) is 12.8 Å². The van der Waals surface area contributed by atoms with Gasteiger partial charge in [-0.25, -0.2) is 0 Å². The fourth-order valence-electron chi connectivity index (χ4n) is 4.84. The van der Waals surface area contributed by atoms with E-state index >= 15 is 0 Å². The topological polar surface area (TPSA) is 40.5 Å². The van der Waals surface area contributed by atoms with Crippen molar-refractivity contribution < 1.29 is 10.2 Å². The molecule has 2 N–H and O–H groups in total. The minimum Gasteiger partial charge on any atom is -0.508 e. The van der Waals surface area contributed by atoms with E-state index in [-0.39, 0.29) is 22.5 Å². The highest BCUT2D eigenvalue weighted by molar-refractivity contribution is 5.54. The van der Waals surface area contributed by atoms with Crippen molar-refractivity contribution in [1.82, 2.24) is 0 Å². The second kappa shape index (κ2) is 10.8. The molecule has 1 unspecified atom stereocenters. The summed E-state index contributed by atoms with van der Waals surface area (Å²) in [7, 11) is 0. The maximum Gasteiger partial charge on any atom is 0.121 e. The van der Waals surface area contributed by atoms with Crippen LogP contribution in [0.5, 0.6) is 5.75 Å². The van der Waals surface area contributed by atoms with Gasteiger partial charge in [0.1, 0.15) is 5.75 Å². The molecule has 0 heterocycles. The molecule has 0 radical (unpaired) electrons. The number of aromatic hydroxyl groups is 1. The third kappa shape index (κ3) is 7.02. The van der Waals surface area contributed by atoms with E-state index in [4.69, 9.17) is 0 Å². The first-order valence-electron chi connectivity index (χ1n) is 11.9. The number of aliphatic hydroxyl groups excluding tert-OH is 1. The van der Waals surface area contributed by atoms with Crippen molar-refractivity contribution in [2.75, 3.05) is 0 Å². The predicted octanol–water partition coefficient (Wildman–Crippen LogP) is 8.11. The highest BCUT2D eigenvalue weighted by Crippen LogP contribution is 2.45. The van der Waals surface area contributed by atoms with E-state index in [1.165, 1.54) is 36.8 Å². The van der Waals surface area contributed by atoms with Crippen LogP contribution in [0.3, 0.4) is 0 Å². The molecular weight excluding hydrogens is 356 g/mol. The molecule has 1 rings (SSSR count). The van der Waals surface area contributed by atoms with Crippen molar-refractivity contribution in [3.63, 3.8) is 0 Å². The number of rotatable bonds is 10. The Kier molecular flexibility index (Phi) is 9.73. The highest BCUT2D eigenvalue weighted by atomic mass is 16.3. The van der Waals surface area contributed by atoms with Gasteiger partial charge in [0.15, 0.2) is 0 Å². The zero-order chi connectivity index (χ0) is 22.4. The Labute approximate surface area is 181 Å². The van der Waals surface area contributed by atoms with Crippen LogP contribution in [0.2, 0.25) is 0 Å². The van der Waals surface area contributed by atoms with E-state index in [0.717, 1.165) is 36.8 Å². The van der Waals surface area contributed by atoms with Gasteiger partial charge >= 0.3 is 0 Å². The van der Waals surface area contributed by atoms with Gasteiger partial charge in [-0.2, -0.15) is 0 Å². The Morgan fingerprint density at radius 3 is 1.69 bits per heavy atom. The molecule has 0 aliphatic rings. The quantitative estimate of drug-likeness (QED) is 0.387. The van der Waals surface area contributed by atoms with Crippen molar-refractivity contribution in [3.05, 3.63) is 28.3 Å².